The quantitative estimate of drug-likeness (QED) is 0.762. The molecule has 5 nitrogen and oxygen atoms in total. The average Bonchev–Trinajstić information content (AvgIpc) is 2.31. The molecule has 0 saturated heterocycles. The first kappa shape index (κ1) is 11.5. The molecule has 0 unspecified atom stereocenters. The Hall–Kier alpha value is -2.01. The van der Waals surface area contributed by atoms with E-state index in [1.807, 2.05) is 13.0 Å². The van der Waals surface area contributed by atoms with E-state index in [-0.39, 0.29) is 11.2 Å². The van der Waals surface area contributed by atoms with Gasteiger partial charge in [0.25, 0.3) is 5.56 Å². The number of hydrogen-bond donors (Lipinski definition) is 3. The average molecular weight is 251 g/mol. The maximum absolute atomic E-state index is 11.3. The van der Waals surface area contributed by atoms with Gasteiger partial charge in [-0.05, 0) is 24.6 Å². The highest BCUT2D eigenvalue weighted by atomic mass is 35.5. The SMILES string of the molecule is Cc1c(Cl)cccc1Nc1nc[nH]c(=O)c1N. The summed E-state index contributed by atoms with van der Waals surface area (Å²) in [6.45, 7) is 1.87. The van der Waals surface area contributed by atoms with Crippen LogP contribution in [0, 0.1) is 6.92 Å². The molecular weight excluding hydrogens is 240 g/mol. The second kappa shape index (κ2) is 4.47. The van der Waals surface area contributed by atoms with Crippen LogP contribution in [0.3, 0.4) is 0 Å². The van der Waals surface area contributed by atoms with E-state index in [4.69, 9.17) is 17.3 Å². The molecule has 1 aromatic heterocycles. The van der Waals surface area contributed by atoms with Crippen molar-refractivity contribution in [2.75, 3.05) is 11.1 Å². The Bertz CT molecular complexity index is 609. The molecule has 0 radical (unpaired) electrons. The number of aromatic nitrogens is 2. The first-order valence-corrected chi connectivity index (χ1v) is 5.32. The number of nitrogens with zero attached hydrogens (tertiary/aromatic N) is 1. The van der Waals surface area contributed by atoms with Crippen LogP contribution >= 0.6 is 11.6 Å². The Kier molecular flexibility index (Phi) is 3.01. The summed E-state index contributed by atoms with van der Waals surface area (Å²) in [6.07, 6.45) is 1.29. The molecule has 0 saturated carbocycles. The predicted molar refractivity (Wildman–Crippen MR) is 68.7 cm³/mol. The molecule has 0 atom stereocenters. The topological polar surface area (TPSA) is 83.8 Å². The lowest BCUT2D eigenvalue weighted by Gasteiger charge is -2.10. The Balaban J connectivity index is 2.42. The van der Waals surface area contributed by atoms with Crippen LogP contribution in [0.5, 0.6) is 0 Å². The van der Waals surface area contributed by atoms with Gasteiger partial charge in [0.15, 0.2) is 5.82 Å². The summed E-state index contributed by atoms with van der Waals surface area (Å²) in [6, 6.07) is 5.43. The molecule has 0 aliphatic heterocycles. The molecule has 2 aromatic rings. The number of benzene rings is 1. The Morgan fingerprint density at radius 3 is 3.00 bits per heavy atom. The van der Waals surface area contributed by atoms with E-state index in [9.17, 15) is 4.79 Å². The highest BCUT2D eigenvalue weighted by Crippen LogP contribution is 2.26. The largest absolute Gasteiger partial charge is 0.391 e. The molecule has 0 aliphatic rings. The van der Waals surface area contributed by atoms with Crippen LogP contribution in [-0.4, -0.2) is 9.97 Å². The molecule has 0 bridgehead atoms. The number of nitrogens with one attached hydrogen (secondary N) is 2. The van der Waals surface area contributed by atoms with E-state index < -0.39 is 0 Å². The standard InChI is InChI=1S/C11H11ClN4O/c1-6-7(12)3-2-4-8(6)16-10-9(13)11(17)15-5-14-10/h2-5H,13H2,1H3,(H2,14,15,16,17). The van der Waals surface area contributed by atoms with E-state index in [2.05, 4.69) is 15.3 Å². The maximum atomic E-state index is 11.3. The Morgan fingerprint density at radius 1 is 1.47 bits per heavy atom. The normalized spacial score (nSPS) is 10.2. The smallest absolute Gasteiger partial charge is 0.276 e. The summed E-state index contributed by atoms with van der Waals surface area (Å²) in [7, 11) is 0. The molecule has 88 valence electrons. The molecule has 6 heteroatoms. The van der Waals surface area contributed by atoms with Gasteiger partial charge in [0.05, 0.1) is 6.33 Å². The third kappa shape index (κ3) is 2.24. The number of hydrogen-bond acceptors (Lipinski definition) is 4. The molecule has 0 aliphatic carbocycles. The number of aromatic amines is 1. The van der Waals surface area contributed by atoms with Crippen LogP contribution < -0.4 is 16.6 Å². The minimum absolute atomic E-state index is 0.0480. The van der Waals surface area contributed by atoms with Crippen molar-refractivity contribution in [2.45, 2.75) is 6.92 Å². The lowest BCUT2D eigenvalue weighted by Crippen LogP contribution is -2.14. The lowest BCUT2D eigenvalue weighted by molar-refractivity contribution is 1.12. The van der Waals surface area contributed by atoms with Gasteiger partial charge < -0.3 is 16.0 Å². The highest BCUT2D eigenvalue weighted by molar-refractivity contribution is 6.31. The lowest BCUT2D eigenvalue weighted by atomic mass is 10.2. The number of anilines is 3. The summed E-state index contributed by atoms with van der Waals surface area (Å²) in [5, 5.41) is 3.62. The van der Waals surface area contributed by atoms with Crippen molar-refractivity contribution in [3.63, 3.8) is 0 Å². The molecule has 2 rings (SSSR count). The molecule has 1 heterocycles. The molecule has 0 spiro atoms. The molecular formula is C11H11ClN4O. The molecule has 1 aromatic carbocycles. The van der Waals surface area contributed by atoms with Gasteiger partial charge in [-0.15, -0.1) is 0 Å². The van der Waals surface area contributed by atoms with Gasteiger partial charge in [-0.1, -0.05) is 17.7 Å². The van der Waals surface area contributed by atoms with Crippen molar-refractivity contribution < 1.29 is 0 Å². The highest BCUT2D eigenvalue weighted by Gasteiger charge is 2.07. The summed E-state index contributed by atoms with van der Waals surface area (Å²) >= 11 is 5.99. The number of halogens is 1. The van der Waals surface area contributed by atoms with Gasteiger partial charge in [0.1, 0.15) is 5.69 Å². The Labute approximate surface area is 103 Å². The minimum atomic E-state index is -0.373. The van der Waals surface area contributed by atoms with E-state index in [1.165, 1.54) is 6.33 Å². The van der Waals surface area contributed by atoms with Crippen molar-refractivity contribution in [1.29, 1.82) is 0 Å². The van der Waals surface area contributed by atoms with Crippen molar-refractivity contribution in [3.05, 3.63) is 45.5 Å². The van der Waals surface area contributed by atoms with Crippen molar-refractivity contribution in [3.8, 4) is 0 Å². The Morgan fingerprint density at radius 2 is 2.24 bits per heavy atom. The third-order valence-electron chi connectivity index (χ3n) is 2.41. The van der Waals surface area contributed by atoms with Gasteiger partial charge in [0.2, 0.25) is 0 Å². The minimum Gasteiger partial charge on any atom is -0.391 e. The van der Waals surface area contributed by atoms with Crippen molar-refractivity contribution in [2.24, 2.45) is 0 Å². The van der Waals surface area contributed by atoms with Crippen LogP contribution in [-0.2, 0) is 0 Å². The van der Waals surface area contributed by atoms with Crippen molar-refractivity contribution in [1.82, 2.24) is 9.97 Å². The zero-order valence-electron chi connectivity index (χ0n) is 9.12. The second-order valence-electron chi connectivity index (χ2n) is 3.53. The van der Waals surface area contributed by atoms with Gasteiger partial charge >= 0.3 is 0 Å². The fraction of sp³-hybridized carbons (Fsp3) is 0.0909. The number of H-pyrrole nitrogens is 1. The first-order valence-electron chi connectivity index (χ1n) is 4.95. The number of nitrogens with two attached hydrogens (primary N) is 1. The second-order valence-corrected chi connectivity index (χ2v) is 3.94. The molecule has 17 heavy (non-hydrogen) atoms. The van der Waals surface area contributed by atoms with Crippen LogP contribution in [0.25, 0.3) is 0 Å². The fourth-order valence-corrected chi connectivity index (χ4v) is 1.55. The van der Waals surface area contributed by atoms with E-state index in [0.29, 0.717) is 10.8 Å². The number of rotatable bonds is 2. The monoisotopic (exact) mass is 250 g/mol. The zero-order valence-corrected chi connectivity index (χ0v) is 9.88. The predicted octanol–water partition coefficient (Wildman–Crippen LogP) is 2.06. The summed E-state index contributed by atoms with van der Waals surface area (Å²) in [5.41, 5.74) is 6.93. The van der Waals surface area contributed by atoms with Crippen LogP contribution in [0.2, 0.25) is 5.02 Å². The van der Waals surface area contributed by atoms with E-state index in [0.717, 1.165) is 11.3 Å². The summed E-state index contributed by atoms with van der Waals surface area (Å²) in [4.78, 5) is 17.7. The number of nitrogen functional groups attached to an aromatic ring is 1. The maximum Gasteiger partial charge on any atom is 0.276 e. The first-order chi connectivity index (χ1) is 8.09. The van der Waals surface area contributed by atoms with Gasteiger partial charge in [0, 0.05) is 10.7 Å². The molecule has 0 fully saturated rings. The molecule has 4 N–H and O–H groups in total. The van der Waals surface area contributed by atoms with Gasteiger partial charge in [-0.25, -0.2) is 4.98 Å². The molecule has 0 amide bonds. The third-order valence-corrected chi connectivity index (χ3v) is 2.82. The summed E-state index contributed by atoms with van der Waals surface area (Å²) in [5.74, 6) is 0.319. The van der Waals surface area contributed by atoms with Gasteiger partial charge in [-0.3, -0.25) is 4.79 Å². The van der Waals surface area contributed by atoms with E-state index in [1.54, 1.807) is 12.1 Å². The van der Waals surface area contributed by atoms with Crippen LogP contribution in [0.1, 0.15) is 5.56 Å². The van der Waals surface area contributed by atoms with Gasteiger partial charge in [-0.2, -0.15) is 0 Å². The fourth-order valence-electron chi connectivity index (χ4n) is 1.38. The van der Waals surface area contributed by atoms with Crippen molar-refractivity contribution >= 4 is 28.8 Å². The zero-order chi connectivity index (χ0) is 12.4. The van der Waals surface area contributed by atoms with Crippen LogP contribution in [0.4, 0.5) is 17.2 Å². The van der Waals surface area contributed by atoms with E-state index >= 15 is 0 Å². The van der Waals surface area contributed by atoms with Crippen LogP contribution in [0.15, 0.2) is 29.3 Å². The summed E-state index contributed by atoms with van der Waals surface area (Å²) < 4.78 is 0.